The third kappa shape index (κ3) is 1.81. The van der Waals surface area contributed by atoms with Crippen LogP contribution < -0.4 is 0 Å². The summed E-state index contributed by atoms with van der Waals surface area (Å²) < 4.78 is 2.18. The molecule has 1 saturated heterocycles. The van der Waals surface area contributed by atoms with E-state index in [9.17, 15) is 0 Å². The SMILES string of the molecule is OCCC1(n2ccnc2)CCSCC1. The second-order valence-electron chi connectivity index (χ2n) is 3.78. The van der Waals surface area contributed by atoms with E-state index >= 15 is 0 Å². The van der Waals surface area contributed by atoms with Gasteiger partial charge in [-0.15, -0.1) is 0 Å². The van der Waals surface area contributed by atoms with Crippen molar-refractivity contribution < 1.29 is 5.11 Å². The van der Waals surface area contributed by atoms with Crippen LogP contribution in [0.3, 0.4) is 0 Å². The highest BCUT2D eigenvalue weighted by Gasteiger charge is 2.32. The van der Waals surface area contributed by atoms with Crippen LogP contribution >= 0.6 is 11.8 Å². The quantitative estimate of drug-likeness (QED) is 0.825. The first-order chi connectivity index (χ1) is 6.87. The molecule has 1 N–H and O–H groups in total. The average molecular weight is 212 g/mol. The Bertz CT molecular complexity index is 262. The standard InChI is InChI=1S/C10H16N2OS/c13-6-1-10(2-7-14-8-3-10)12-5-4-11-9-12/h4-5,9,13H,1-3,6-8H2. The zero-order chi connectivity index (χ0) is 9.86. The lowest BCUT2D eigenvalue weighted by Gasteiger charge is -2.38. The maximum atomic E-state index is 9.14. The third-order valence-electron chi connectivity index (χ3n) is 3.05. The molecule has 0 bridgehead atoms. The number of aliphatic hydroxyl groups is 1. The number of aliphatic hydroxyl groups excluding tert-OH is 1. The molecule has 1 fully saturated rings. The molecule has 0 aromatic carbocycles. The summed E-state index contributed by atoms with van der Waals surface area (Å²) in [5.74, 6) is 2.39. The molecule has 78 valence electrons. The van der Waals surface area contributed by atoms with Gasteiger partial charge in [0, 0.05) is 24.5 Å². The number of rotatable bonds is 3. The van der Waals surface area contributed by atoms with Crippen molar-refractivity contribution in [3.63, 3.8) is 0 Å². The van der Waals surface area contributed by atoms with E-state index in [1.165, 1.54) is 11.5 Å². The summed E-state index contributed by atoms with van der Waals surface area (Å²) in [5.41, 5.74) is 0.135. The van der Waals surface area contributed by atoms with Gasteiger partial charge in [0.25, 0.3) is 0 Å². The fraction of sp³-hybridized carbons (Fsp3) is 0.700. The molecule has 3 nitrogen and oxygen atoms in total. The molecule has 4 heteroatoms. The average Bonchev–Trinajstić information content (AvgIpc) is 2.73. The summed E-state index contributed by atoms with van der Waals surface area (Å²) in [4.78, 5) is 4.10. The van der Waals surface area contributed by atoms with Gasteiger partial charge in [0.1, 0.15) is 0 Å². The lowest BCUT2D eigenvalue weighted by Crippen LogP contribution is -2.37. The molecular weight excluding hydrogens is 196 g/mol. The fourth-order valence-corrected chi connectivity index (χ4v) is 3.39. The maximum absolute atomic E-state index is 9.14. The van der Waals surface area contributed by atoms with E-state index in [-0.39, 0.29) is 12.1 Å². The normalized spacial score (nSPS) is 20.9. The number of aromatic nitrogens is 2. The Kier molecular flexibility index (Phi) is 3.13. The Morgan fingerprint density at radius 1 is 1.43 bits per heavy atom. The second-order valence-corrected chi connectivity index (χ2v) is 5.01. The molecule has 1 aromatic rings. The van der Waals surface area contributed by atoms with Crippen molar-refractivity contribution in [2.75, 3.05) is 18.1 Å². The Hall–Kier alpha value is -0.480. The zero-order valence-corrected chi connectivity index (χ0v) is 9.04. The molecule has 0 aliphatic carbocycles. The molecule has 2 heterocycles. The van der Waals surface area contributed by atoms with Crippen molar-refractivity contribution in [2.24, 2.45) is 0 Å². The van der Waals surface area contributed by atoms with Gasteiger partial charge in [0.05, 0.1) is 6.33 Å². The van der Waals surface area contributed by atoms with Crippen molar-refractivity contribution in [1.82, 2.24) is 9.55 Å². The van der Waals surface area contributed by atoms with Gasteiger partial charge in [-0.2, -0.15) is 11.8 Å². The van der Waals surface area contributed by atoms with Crippen LogP contribution in [0.2, 0.25) is 0 Å². The molecule has 14 heavy (non-hydrogen) atoms. The number of thioether (sulfide) groups is 1. The first kappa shape index (κ1) is 10.1. The molecule has 1 aromatic heterocycles. The van der Waals surface area contributed by atoms with E-state index in [1.54, 1.807) is 0 Å². The first-order valence-corrected chi connectivity index (χ1v) is 6.20. The topological polar surface area (TPSA) is 38.0 Å². The van der Waals surface area contributed by atoms with Gasteiger partial charge >= 0.3 is 0 Å². The van der Waals surface area contributed by atoms with Crippen molar-refractivity contribution in [2.45, 2.75) is 24.8 Å². The summed E-state index contributed by atoms with van der Waals surface area (Å²) in [6.07, 6.45) is 8.87. The summed E-state index contributed by atoms with van der Waals surface area (Å²) in [6.45, 7) is 0.267. The van der Waals surface area contributed by atoms with Gasteiger partial charge in [-0.05, 0) is 30.8 Å². The summed E-state index contributed by atoms with van der Waals surface area (Å²) in [6, 6.07) is 0. The molecule has 0 radical (unpaired) electrons. The van der Waals surface area contributed by atoms with Crippen molar-refractivity contribution >= 4 is 11.8 Å². The van der Waals surface area contributed by atoms with Crippen LogP contribution in [0.5, 0.6) is 0 Å². The minimum absolute atomic E-state index is 0.135. The van der Waals surface area contributed by atoms with Crippen LogP contribution in [0.25, 0.3) is 0 Å². The smallest absolute Gasteiger partial charge is 0.0951 e. The third-order valence-corrected chi connectivity index (χ3v) is 4.04. The summed E-state index contributed by atoms with van der Waals surface area (Å²) >= 11 is 2.00. The molecule has 1 aliphatic heterocycles. The maximum Gasteiger partial charge on any atom is 0.0951 e. The van der Waals surface area contributed by atoms with Crippen LogP contribution in [0.4, 0.5) is 0 Å². The van der Waals surface area contributed by atoms with E-state index in [4.69, 9.17) is 5.11 Å². The predicted octanol–water partition coefficient (Wildman–Crippen LogP) is 1.49. The largest absolute Gasteiger partial charge is 0.396 e. The number of imidazole rings is 1. The molecule has 0 saturated carbocycles. The molecule has 1 aliphatic rings. The lowest BCUT2D eigenvalue weighted by atomic mass is 9.88. The van der Waals surface area contributed by atoms with E-state index in [0.29, 0.717) is 0 Å². The molecule has 0 unspecified atom stereocenters. The number of nitrogens with zero attached hydrogens (tertiary/aromatic N) is 2. The predicted molar refractivity (Wildman–Crippen MR) is 58.5 cm³/mol. The molecule has 2 rings (SSSR count). The van der Waals surface area contributed by atoms with Crippen LogP contribution in [0, 0.1) is 0 Å². The summed E-state index contributed by atoms with van der Waals surface area (Å²) in [7, 11) is 0. The molecule has 0 spiro atoms. The van der Waals surface area contributed by atoms with Gasteiger partial charge in [-0.3, -0.25) is 0 Å². The Labute approximate surface area is 88.5 Å². The van der Waals surface area contributed by atoms with E-state index in [0.717, 1.165) is 19.3 Å². The van der Waals surface area contributed by atoms with Gasteiger partial charge in [0.2, 0.25) is 0 Å². The number of hydrogen-bond acceptors (Lipinski definition) is 3. The molecular formula is C10H16N2OS. The highest BCUT2D eigenvalue weighted by atomic mass is 32.2. The van der Waals surface area contributed by atoms with Gasteiger partial charge < -0.3 is 9.67 Å². The first-order valence-electron chi connectivity index (χ1n) is 5.04. The minimum atomic E-state index is 0.135. The highest BCUT2D eigenvalue weighted by Crippen LogP contribution is 2.36. The van der Waals surface area contributed by atoms with Crippen molar-refractivity contribution in [3.8, 4) is 0 Å². The second kappa shape index (κ2) is 4.36. The van der Waals surface area contributed by atoms with E-state index in [1.807, 2.05) is 30.5 Å². The van der Waals surface area contributed by atoms with Crippen molar-refractivity contribution in [3.05, 3.63) is 18.7 Å². The molecule has 0 atom stereocenters. The van der Waals surface area contributed by atoms with Crippen LogP contribution in [-0.2, 0) is 5.54 Å². The lowest BCUT2D eigenvalue weighted by molar-refractivity contribution is 0.171. The Morgan fingerprint density at radius 3 is 2.79 bits per heavy atom. The fourth-order valence-electron chi connectivity index (χ4n) is 2.14. The Balaban J connectivity index is 2.20. The van der Waals surface area contributed by atoms with Gasteiger partial charge in [-0.25, -0.2) is 4.98 Å². The van der Waals surface area contributed by atoms with E-state index in [2.05, 4.69) is 9.55 Å². The van der Waals surface area contributed by atoms with Crippen LogP contribution in [-0.4, -0.2) is 32.8 Å². The van der Waals surface area contributed by atoms with Crippen LogP contribution in [0.15, 0.2) is 18.7 Å². The van der Waals surface area contributed by atoms with E-state index < -0.39 is 0 Å². The van der Waals surface area contributed by atoms with Gasteiger partial charge in [0.15, 0.2) is 0 Å². The zero-order valence-electron chi connectivity index (χ0n) is 8.22. The van der Waals surface area contributed by atoms with Gasteiger partial charge in [-0.1, -0.05) is 0 Å². The molecule has 0 amide bonds. The van der Waals surface area contributed by atoms with Crippen molar-refractivity contribution in [1.29, 1.82) is 0 Å². The van der Waals surface area contributed by atoms with Crippen LogP contribution in [0.1, 0.15) is 19.3 Å². The minimum Gasteiger partial charge on any atom is -0.396 e. The monoisotopic (exact) mass is 212 g/mol. The summed E-state index contributed by atoms with van der Waals surface area (Å²) in [5, 5.41) is 9.14. The number of hydrogen-bond donors (Lipinski definition) is 1. The highest BCUT2D eigenvalue weighted by molar-refractivity contribution is 7.99. The Morgan fingerprint density at radius 2 is 2.21 bits per heavy atom.